The smallest absolute Gasteiger partial charge is 0.257 e. The fourth-order valence-corrected chi connectivity index (χ4v) is 3.04. The number of nitrogens with one attached hydrogen (secondary N) is 1. The van der Waals surface area contributed by atoms with Crippen LogP contribution in [-0.4, -0.2) is 16.0 Å². The predicted molar refractivity (Wildman–Crippen MR) is 99.5 cm³/mol. The first-order valence-corrected chi connectivity index (χ1v) is 8.46. The summed E-state index contributed by atoms with van der Waals surface area (Å²) in [7, 11) is 0. The van der Waals surface area contributed by atoms with Crippen LogP contribution < -0.4 is 5.32 Å². The van der Waals surface area contributed by atoms with E-state index in [1.165, 1.54) is 12.1 Å². The molecular weight excluding hydrogens is 345 g/mol. The second-order valence-electron chi connectivity index (χ2n) is 6.16. The Morgan fingerprint density at radius 1 is 1.15 bits per heavy atom. The predicted octanol–water partition coefficient (Wildman–Crippen LogP) is 4.27. The molecule has 0 atom stereocenters. The van der Waals surface area contributed by atoms with E-state index in [1.54, 1.807) is 25.3 Å². The highest BCUT2D eigenvalue weighted by Gasteiger charge is 2.22. The Bertz CT molecular complexity index is 1130. The maximum Gasteiger partial charge on any atom is 0.257 e. The molecule has 2 aromatic carbocycles. The van der Waals surface area contributed by atoms with E-state index in [9.17, 15) is 9.18 Å². The van der Waals surface area contributed by atoms with E-state index >= 15 is 0 Å². The quantitative estimate of drug-likeness (QED) is 0.589. The number of halogens is 1. The van der Waals surface area contributed by atoms with E-state index in [0.717, 1.165) is 16.5 Å². The van der Waals surface area contributed by atoms with Crippen LogP contribution in [0, 0.1) is 12.7 Å². The highest BCUT2D eigenvalue weighted by Crippen LogP contribution is 2.27. The normalized spacial score (nSPS) is 10.9. The third kappa shape index (κ3) is 3.29. The van der Waals surface area contributed by atoms with E-state index in [2.05, 4.69) is 15.5 Å². The van der Waals surface area contributed by atoms with Crippen molar-refractivity contribution in [2.24, 2.45) is 0 Å². The minimum absolute atomic E-state index is 0.251. The van der Waals surface area contributed by atoms with Crippen LogP contribution >= 0.6 is 0 Å². The summed E-state index contributed by atoms with van der Waals surface area (Å²) in [5, 5.41) is 7.77. The van der Waals surface area contributed by atoms with Crippen LogP contribution in [-0.2, 0) is 6.54 Å². The van der Waals surface area contributed by atoms with Gasteiger partial charge in [-0.25, -0.2) is 4.39 Å². The van der Waals surface area contributed by atoms with Gasteiger partial charge in [-0.3, -0.25) is 9.78 Å². The molecule has 134 valence electrons. The van der Waals surface area contributed by atoms with Crippen molar-refractivity contribution in [3.8, 4) is 11.3 Å². The van der Waals surface area contributed by atoms with Crippen LogP contribution in [0.4, 0.5) is 4.39 Å². The van der Waals surface area contributed by atoms with Crippen molar-refractivity contribution >= 4 is 16.8 Å². The number of fused-ring (bicyclic) bond motifs is 1. The second kappa shape index (κ2) is 6.99. The first-order chi connectivity index (χ1) is 13.1. The van der Waals surface area contributed by atoms with Crippen molar-refractivity contribution in [1.29, 1.82) is 0 Å². The Hall–Kier alpha value is -3.54. The molecule has 0 bridgehead atoms. The molecule has 4 aromatic rings. The molecule has 0 fully saturated rings. The van der Waals surface area contributed by atoms with E-state index in [4.69, 9.17) is 4.52 Å². The first-order valence-electron chi connectivity index (χ1n) is 8.46. The van der Waals surface area contributed by atoms with Crippen LogP contribution in [0.5, 0.6) is 0 Å². The highest BCUT2D eigenvalue weighted by molar-refractivity contribution is 6.00. The van der Waals surface area contributed by atoms with Crippen LogP contribution in [0.25, 0.3) is 22.2 Å². The van der Waals surface area contributed by atoms with Gasteiger partial charge in [0.25, 0.3) is 5.91 Å². The molecule has 2 aromatic heterocycles. The molecule has 1 amide bonds. The zero-order valence-corrected chi connectivity index (χ0v) is 14.6. The standard InChI is InChI=1S/C21H16FN3O2/c1-13-18(20(27-25-13)15-6-3-9-17(22)11-15)21(26)24-12-16-7-2-5-14-8-4-10-23-19(14)16/h2-11H,12H2,1H3,(H,24,26). The number of carbonyl (C=O) groups excluding carboxylic acids is 1. The zero-order chi connectivity index (χ0) is 18.8. The molecule has 4 rings (SSSR count). The maximum atomic E-state index is 13.5. The van der Waals surface area contributed by atoms with Crippen LogP contribution in [0.2, 0.25) is 0 Å². The van der Waals surface area contributed by atoms with Gasteiger partial charge >= 0.3 is 0 Å². The molecule has 0 unspecified atom stereocenters. The fraction of sp³-hybridized carbons (Fsp3) is 0.0952. The third-order valence-corrected chi connectivity index (χ3v) is 4.33. The number of amides is 1. The molecule has 0 saturated heterocycles. The molecule has 0 saturated carbocycles. The summed E-state index contributed by atoms with van der Waals surface area (Å²) < 4.78 is 18.8. The Morgan fingerprint density at radius 2 is 1.96 bits per heavy atom. The lowest BCUT2D eigenvalue weighted by atomic mass is 10.1. The largest absolute Gasteiger partial charge is 0.355 e. The lowest BCUT2D eigenvalue weighted by Crippen LogP contribution is -2.24. The minimum atomic E-state index is -0.408. The summed E-state index contributed by atoms with van der Waals surface area (Å²) in [5.41, 5.74) is 2.96. The zero-order valence-electron chi connectivity index (χ0n) is 14.6. The van der Waals surface area contributed by atoms with Gasteiger partial charge in [0.1, 0.15) is 11.4 Å². The molecule has 0 radical (unpaired) electrons. The SMILES string of the molecule is Cc1noc(-c2cccc(F)c2)c1C(=O)NCc1cccc2cccnc12. The van der Waals surface area contributed by atoms with Crippen molar-refractivity contribution in [3.63, 3.8) is 0 Å². The second-order valence-corrected chi connectivity index (χ2v) is 6.16. The van der Waals surface area contributed by atoms with Crippen molar-refractivity contribution in [1.82, 2.24) is 15.5 Å². The molecule has 5 nitrogen and oxygen atoms in total. The lowest BCUT2D eigenvalue weighted by molar-refractivity contribution is 0.0950. The minimum Gasteiger partial charge on any atom is -0.355 e. The maximum absolute atomic E-state index is 13.5. The van der Waals surface area contributed by atoms with Crippen LogP contribution in [0.1, 0.15) is 21.6 Å². The van der Waals surface area contributed by atoms with E-state index in [-0.39, 0.29) is 11.7 Å². The van der Waals surface area contributed by atoms with E-state index in [0.29, 0.717) is 23.4 Å². The molecule has 6 heteroatoms. The molecule has 27 heavy (non-hydrogen) atoms. The summed E-state index contributed by atoms with van der Waals surface area (Å²) in [6.45, 7) is 1.99. The van der Waals surface area contributed by atoms with Crippen molar-refractivity contribution in [2.45, 2.75) is 13.5 Å². The number of aromatic nitrogens is 2. The van der Waals surface area contributed by atoms with Gasteiger partial charge < -0.3 is 9.84 Å². The molecule has 0 aliphatic heterocycles. The van der Waals surface area contributed by atoms with Gasteiger partial charge in [0, 0.05) is 23.7 Å². The molecule has 2 heterocycles. The van der Waals surface area contributed by atoms with Crippen molar-refractivity contribution < 1.29 is 13.7 Å². The van der Waals surface area contributed by atoms with Gasteiger partial charge in [-0.1, -0.05) is 41.6 Å². The summed E-state index contributed by atoms with van der Waals surface area (Å²) in [4.78, 5) is 17.2. The average molecular weight is 361 g/mol. The fourth-order valence-electron chi connectivity index (χ4n) is 3.04. The van der Waals surface area contributed by atoms with Crippen molar-refractivity contribution in [3.05, 3.63) is 83.4 Å². The van der Waals surface area contributed by atoms with Gasteiger partial charge in [-0.2, -0.15) is 0 Å². The number of hydrogen-bond donors (Lipinski definition) is 1. The molecule has 1 N–H and O–H groups in total. The van der Waals surface area contributed by atoms with Gasteiger partial charge in [0.05, 0.1) is 11.2 Å². The number of aryl methyl sites for hydroxylation is 1. The number of nitrogens with zero attached hydrogens (tertiary/aromatic N) is 2. The monoisotopic (exact) mass is 361 g/mol. The topological polar surface area (TPSA) is 68.0 Å². The molecule has 0 aliphatic rings. The average Bonchev–Trinajstić information content (AvgIpc) is 3.07. The third-order valence-electron chi connectivity index (χ3n) is 4.33. The summed E-state index contributed by atoms with van der Waals surface area (Å²) in [5.74, 6) is -0.490. The first kappa shape index (κ1) is 16.9. The number of carbonyl (C=O) groups is 1. The molecule has 0 aliphatic carbocycles. The van der Waals surface area contributed by atoms with Gasteiger partial charge in [0.15, 0.2) is 5.76 Å². The van der Waals surface area contributed by atoms with Crippen LogP contribution in [0.15, 0.2) is 65.3 Å². The Morgan fingerprint density at radius 3 is 2.81 bits per heavy atom. The summed E-state index contributed by atoms with van der Waals surface area (Å²) in [6.07, 6.45) is 1.72. The Kier molecular flexibility index (Phi) is 4.38. The van der Waals surface area contributed by atoms with Gasteiger partial charge in [0.2, 0.25) is 0 Å². The lowest BCUT2D eigenvalue weighted by Gasteiger charge is -2.08. The molecular formula is C21H16FN3O2. The number of pyridine rings is 1. The van der Waals surface area contributed by atoms with Crippen molar-refractivity contribution in [2.75, 3.05) is 0 Å². The molecule has 0 spiro atoms. The number of rotatable bonds is 4. The summed E-state index contributed by atoms with van der Waals surface area (Å²) in [6, 6.07) is 15.5. The van der Waals surface area contributed by atoms with E-state index in [1.807, 2.05) is 30.3 Å². The Labute approximate surface area is 154 Å². The Balaban J connectivity index is 1.61. The van der Waals surface area contributed by atoms with Crippen LogP contribution in [0.3, 0.4) is 0 Å². The number of benzene rings is 2. The summed E-state index contributed by atoms with van der Waals surface area (Å²) >= 11 is 0. The number of hydrogen-bond acceptors (Lipinski definition) is 4. The highest BCUT2D eigenvalue weighted by atomic mass is 19.1. The van der Waals surface area contributed by atoms with E-state index < -0.39 is 5.82 Å². The van der Waals surface area contributed by atoms with Gasteiger partial charge in [-0.05, 0) is 30.7 Å². The number of para-hydroxylation sites is 1. The van der Waals surface area contributed by atoms with Gasteiger partial charge in [-0.15, -0.1) is 0 Å².